The number of aromatic nitrogens is 2. The summed E-state index contributed by atoms with van der Waals surface area (Å²) in [6.45, 7) is 10.6. The quantitative estimate of drug-likeness (QED) is 0.663. The maximum absolute atomic E-state index is 7.01. The molecule has 0 aliphatic heterocycles. The second-order valence-electron chi connectivity index (χ2n) is 3.20. The Bertz CT molecular complexity index is 537. The maximum Gasteiger partial charge on any atom is 0.223 e. The van der Waals surface area contributed by atoms with E-state index in [1.165, 1.54) is 0 Å². The SMILES string of the molecule is [C-]#[N+]c1cccc(-c2noc(C)n2)c1C. The molecule has 0 amide bonds. The Labute approximate surface area is 87.4 Å². The van der Waals surface area contributed by atoms with Crippen molar-refractivity contribution in [1.29, 1.82) is 0 Å². The van der Waals surface area contributed by atoms with Gasteiger partial charge in [-0.25, -0.2) is 4.85 Å². The minimum atomic E-state index is 0.526. The highest BCUT2D eigenvalue weighted by atomic mass is 16.5. The summed E-state index contributed by atoms with van der Waals surface area (Å²) in [5.41, 5.74) is 2.35. The molecule has 0 saturated carbocycles. The number of benzene rings is 1. The van der Waals surface area contributed by atoms with E-state index >= 15 is 0 Å². The standard InChI is InChI=1S/C11H9N3O/c1-7-9(5-4-6-10(7)12-3)11-13-8(2)15-14-11/h4-6H,1-2H3. The summed E-state index contributed by atoms with van der Waals surface area (Å²) in [7, 11) is 0. The van der Waals surface area contributed by atoms with Gasteiger partial charge in [-0.2, -0.15) is 4.98 Å². The van der Waals surface area contributed by atoms with Crippen LogP contribution in [0.25, 0.3) is 16.2 Å². The molecule has 0 spiro atoms. The molecule has 0 bridgehead atoms. The second-order valence-corrected chi connectivity index (χ2v) is 3.20. The zero-order valence-corrected chi connectivity index (χ0v) is 8.48. The van der Waals surface area contributed by atoms with Crippen LogP contribution in [0.2, 0.25) is 0 Å². The Morgan fingerprint density at radius 1 is 1.33 bits per heavy atom. The predicted molar refractivity (Wildman–Crippen MR) is 55.5 cm³/mol. The molecule has 0 atom stereocenters. The van der Waals surface area contributed by atoms with Gasteiger partial charge in [0, 0.05) is 12.5 Å². The van der Waals surface area contributed by atoms with Crippen molar-refractivity contribution in [2.45, 2.75) is 13.8 Å². The third kappa shape index (κ3) is 1.59. The molecular weight excluding hydrogens is 190 g/mol. The highest BCUT2D eigenvalue weighted by Gasteiger charge is 2.10. The fourth-order valence-corrected chi connectivity index (χ4v) is 1.40. The normalized spacial score (nSPS) is 9.93. The van der Waals surface area contributed by atoms with Crippen LogP contribution in [0.5, 0.6) is 0 Å². The number of rotatable bonds is 1. The van der Waals surface area contributed by atoms with Crippen LogP contribution >= 0.6 is 0 Å². The Morgan fingerprint density at radius 3 is 2.73 bits per heavy atom. The van der Waals surface area contributed by atoms with Crippen molar-refractivity contribution in [2.75, 3.05) is 0 Å². The van der Waals surface area contributed by atoms with Crippen molar-refractivity contribution >= 4 is 5.69 Å². The minimum absolute atomic E-state index is 0.526. The van der Waals surface area contributed by atoms with Crippen LogP contribution in [-0.2, 0) is 0 Å². The summed E-state index contributed by atoms with van der Waals surface area (Å²) >= 11 is 0. The molecule has 1 aromatic carbocycles. The van der Waals surface area contributed by atoms with Crippen molar-refractivity contribution in [3.05, 3.63) is 41.1 Å². The van der Waals surface area contributed by atoms with E-state index in [1.807, 2.05) is 19.1 Å². The van der Waals surface area contributed by atoms with Crippen LogP contribution in [0.4, 0.5) is 5.69 Å². The van der Waals surface area contributed by atoms with E-state index in [-0.39, 0.29) is 0 Å². The first-order valence-electron chi connectivity index (χ1n) is 4.50. The molecule has 0 aliphatic carbocycles. The Morgan fingerprint density at radius 2 is 2.13 bits per heavy atom. The summed E-state index contributed by atoms with van der Waals surface area (Å²) in [5.74, 6) is 1.06. The van der Waals surface area contributed by atoms with E-state index in [1.54, 1.807) is 13.0 Å². The van der Waals surface area contributed by atoms with Crippen LogP contribution in [0, 0.1) is 20.4 Å². The molecule has 0 saturated heterocycles. The van der Waals surface area contributed by atoms with Crippen LogP contribution in [0.1, 0.15) is 11.5 Å². The average molecular weight is 199 g/mol. The van der Waals surface area contributed by atoms with Gasteiger partial charge in [0.05, 0.1) is 6.57 Å². The van der Waals surface area contributed by atoms with Gasteiger partial charge in [0.1, 0.15) is 0 Å². The average Bonchev–Trinajstić information content (AvgIpc) is 2.65. The molecule has 4 heteroatoms. The lowest BCUT2D eigenvalue weighted by Crippen LogP contribution is -1.85. The molecule has 4 nitrogen and oxygen atoms in total. The fourth-order valence-electron chi connectivity index (χ4n) is 1.40. The molecule has 2 rings (SSSR count). The van der Waals surface area contributed by atoms with E-state index in [2.05, 4.69) is 15.0 Å². The summed E-state index contributed by atoms with van der Waals surface area (Å²) in [5, 5.41) is 3.83. The van der Waals surface area contributed by atoms with E-state index in [0.29, 0.717) is 17.4 Å². The Balaban J connectivity index is 2.59. The van der Waals surface area contributed by atoms with Crippen LogP contribution in [-0.4, -0.2) is 10.1 Å². The third-order valence-corrected chi connectivity index (χ3v) is 2.19. The van der Waals surface area contributed by atoms with Gasteiger partial charge < -0.3 is 4.52 Å². The van der Waals surface area contributed by atoms with Crippen LogP contribution in [0.3, 0.4) is 0 Å². The summed E-state index contributed by atoms with van der Waals surface area (Å²) < 4.78 is 4.91. The molecular formula is C11H9N3O. The highest BCUT2D eigenvalue weighted by Crippen LogP contribution is 2.28. The van der Waals surface area contributed by atoms with Gasteiger partial charge in [0.25, 0.3) is 0 Å². The highest BCUT2D eigenvalue weighted by molar-refractivity contribution is 5.69. The largest absolute Gasteiger partial charge is 0.339 e. The molecule has 2 aromatic rings. The first-order chi connectivity index (χ1) is 7.22. The first-order valence-corrected chi connectivity index (χ1v) is 4.50. The number of hydrogen-bond acceptors (Lipinski definition) is 3. The fraction of sp³-hybridized carbons (Fsp3) is 0.182. The van der Waals surface area contributed by atoms with Crippen molar-refractivity contribution in [3.8, 4) is 11.4 Å². The molecule has 1 heterocycles. The van der Waals surface area contributed by atoms with E-state index < -0.39 is 0 Å². The first kappa shape index (κ1) is 9.41. The molecule has 0 aliphatic rings. The molecule has 74 valence electrons. The maximum atomic E-state index is 7.01. The lowest BCUT2D eigenvalue weighted by molar-refractivity contribution is 0.394. The van der Waals surface area contributed by atoms with Crippen molar-refractivity contribution in [2.24, 2.45) is 0 Å². The van der Waals surface area contributed by atoms with Gasteiger partial charge in [-0.15, -0.1) is 0 Å². The molecule has 0 N–H and O–H groups in total. The predicted octanol–water partition coefficient (Wildman–Crippen LogP) is 2.90. The van der Waals surface area contributed by atoms with Gasteiger partial charge in [-0.1, -0.05) is 23.4 Å². The van der Waals surface area contributed by atoms with Crippen LogP contribution in [0.15, 0.2) is 22.7 Å². The Kier molecular flexibility index (Phi) is 2.22. The van der Waals surface area contributed by atoms with Gasteiger partial charge in [-0.05, 0) is 12.5 Å². The monoisotopic (exact) mass is 199 g/mol. The Hall–Kier alpha value is -2.15. The molecule has 1 aromatic heterocycles. The van der Waals surface area contributed by atoms with Gasteiger partial charge in [-0.3, -0.25) is 0 Å². The summed E-state index contributed by atoms with van der Waals surface area (Å²) in [6, 6.07) is 5.48. The smallest absolute Gasteiger partial charge is 0.223 e. The molecule has 15 heavy (non-hydrogen) atoms. The van der Waals surface area contributed by atoms with Gasteiger partial charge >= 0.3 is 0 Å². The number of aryl methyl sites for hydroxylation is 1. The topological polar surface area (TPSA) is 43.3 Å². The lowest BCUT2D eigenvalue weighted by Gasteiger charge is -2.01. The molecule has 0 fully saturated rings. The summed E-state index contributed by atoms with van der Waals surface area (Å²) in [4.78, 5) is 7.56. The second kappa shape index (κ2) is 3.54. The van der Waals surface area contributed by atoms with Crippen molar-refractivity contribution in [1.82, 2.24) is 10.1 Å². The third-order valence-electron chi connectivity index (χ3n) is 2.19. The van der Waals surface area contributed by atoms with Crippen molar-refractivity contribution < 1.29 is 4.52 Å². The van der Waals surface area contributed by atoms with E-state index in [9.17, 15) is 0 Å². The number of hydrogen-bond donors (Lipinski definition) is 0. The lowest BCUT2D eigenvalue weighted by atomic mass is 10.1. The van der Waals surface area contributed by atoms with Crippen LogP contribution < -0.4 is 0 Å². The van der Waals surface area contributed by atoms with Crippen molar-refractivity contribution in [3.63, 3.8) is 0 Å². The molecule has 0 radical (unpaired) electrons. The van der Waals surface area contributed by atoms with E-state index in [4.69, 9.17) is 11.1 Å². The van der Waals surface area contributed by atoms with Gasteiger partial charge in [0.2, 0.25) is 11.7 Å². The summed E-state index contributed by atoms with van der Waals surface area (Å²) in [6.07, 6.45) is 0. The molecule has 0 unspecified atom stereocenters. The number of nitrogens with zero attached hydrogens (tertiary/aromatic N) is 3. The van der Waals surface area contributed by atoms with E-state index in [0.717, 1.165) is 11.1 Å². The zero-order valence-electron chi connectivity index (χ0n) is 8.48. The zero-order chi connectivity index (χ0) is 10.8. The minimum Gasteiger partial charge on any atom is -0.339 e. The van der Waals surface area contributed by atoms with Gasteiger partial charge in [0.15, 0.2) is 5.69 Å².